The van der Waals surface area contributed by atoms with Crippen LogP contribution in [0.15, 0.2) is 55.1 Å². The van der Waals surface area contributed by atoms with Crippen molar-refractivity contribution in [2.24, 2.45) is 0 Å². The summed E-state index contributed by atoms with van der Waals surface area (Å²) in [6.45, 7) is 1.71. The zero-order valence-corrected chi connectivity index (χ0v) is 17.4. The predicted molar refractivity (Wildman–Crippen MR) is 106 cm³/mol. The third-order valence-electron chi connectivity index (χ3n) is 5.59. The maximum Gasteiger partial charge on any atom is 0.416 e. The van der Waals surface area contributed by atoms with E-state index in [0.717, 1.165) is 6.07 Å². The SMILES string of the molecule is C[C@H]1N(C(=O)c2ccc(C(F)(F)F)cc2F)CO[C@@]1(Cn1cncn1)c1ccc(Cl)cc1. The smallest absolute Gasteiger partial charge is 0.346 e. The number of rotatable bonds is 4. The summed E-state index contributed by atoms with van der Waals surface area (Å²) in [7, 11) is 0. The summed E-state index contributed by atoms with van der Waals surface area (Å²) in [5.74, 6) is -2.03. The number of amides is 1. The first-order chi connectivity index (χ1) is 15.1. The van der Waals surface area contributed by atoms with Gasteiger partial charge in [-0.3, -0.25) is 4.79 Å². The second-order valence-electron chi connectivity index (χ2n) is 7.41. The molecule has 1 saturated heterocycles. The predicted octanol–water partition coefficient (Wildman–Crippen LogP) is 4.50. The van der Waals surface area contributed by atoms with Gasteiger partial charge in [-0.2, -0.15) is 18.3 Å². The van der Waals surface area contributed by atoms with Gasteiger partial charge in [0.1, 0.15) is 30.8 Å². The molecule has 4 rings (SSSR count). The molecule has 0 N–H and O–H groups in total. The van der Waals surface area contributed by atoms with Gasteiger partial charge < -0.3 is 9.64 Å². The number of hydrogen-bond donors (Lipinski definition) is 0. The Morgan fingerprint density at radius 3 is 2.56 bits per heavy atom. The van der Waals surface area contributed by atoms with Crippen LogP contribution in [0.2, 0.25) is 5.02 Å². The monoisotopic (exact) mass is 468 g/mol. The fourth-order valence-corrected chi connectivity index (χ4v) is 3.93. The van der Waals surface area contributed by atoms with Gasteiger partial charge >= 0.3 is 6.18 Å². The van der Waals surface area contributed by atoms with E-state index in [0.29, 0.717) is 22.7 Å². The molecule has 168 valence electrons. The summed E-state index contributed by atoms with van der Waals surface area (Å²) < 4.78 is 60.7. The molecular formula is C21H17ClF4N4O2. The number of benzene rings is 2. The second-order valence-corrected chi connectivity index (χ2v) is 7.84. The third-order valence-corrected chi connectivity index (χ3v) is 5.84. The molecule has 1 aliphatic heterocycles. The van der Waals surface area contributed by atoms with E-state index in [2.05, 4.69) is 10.1 Å². The van der Waals surface area contributed by atoms with Crippen molar-refractivity contribution in [2.45, 2.75) is 31.3 Å². The van der Waals surface area contributed by atoms with Crippen LogP contribution in [0, 0.1) is 5.82 Å². The molecule has 0 aliphatic carbocycles. The van der Waals surface area contributed by atoms with Crippen molar-refractivity contribution in [1.29, 1.82) is 0 Å². The van der Waals surface area contributed by atoms with Gasteiger partial charge in [0.2, 0.25) is 0 Å². The van der Waals surface area contributed by atoms with E-state index < -0.39 is 40.7 Å². The Labute approximate surface area is 185 Å². The number of nitrogens with zero attached hydrogens (tertiary/aromatic N) is 4. The molecule has 2 heterocycles. The molecule has 1 amide bonds. The van der Waals surface area contributed by atoms with E-state index in [4.69, 9.17) is 16.3 Å². The van der Waals surface area contributed by atoms with Crippen LogP contribution in [0.3, 0.4) is 0 Å². The van der Waals surface area contributed by atoms with Crippen molar-refractivity contribution in [1.82, 2.24) is 19.7 Å². The topological polar surface area (TPSA) is 60.2 Å². The van der Waals surface area contributed by atoms with Crippen molar-refractivity contribution in [3.8, 4) is 0 Å². The van der Waals surface area contributed by atoms with E-state index in [1.807, 2.05) is 0 Å². The van der Waals surface area contributed by atoms with Gasteiger partial charge in [-0.15, -0.1) is 0 Å². The molecule has 0 spiro atoms. The Bertz CT molecular complexity index is 1120. The lowest BCUT2D eigenvalue weighted by Gasteiger charge is -2.34. The molecule has 1 aliphatic rings. The highest BCUT2D eigenvalue weighted by molar-refractivity contribution is 6.30. The van der Waals surface area contributed by atoms with Gasteiger partial charge in [0.15, 0.2) is 0 Å². The Morgan fingerprint density at radius 1 is 1.25 bits per heavy atom. The first-order valence-corrected chi connectivity index (χ1v) is 9.90. The first-order valence-electron chi connectivity index (χ1n) is 9.52. The van der Waals surface area contributed by atoms with E-state index >= 15 is 0 Å². The number of ether oxygens (including phenoxy) is 1. The minimum Gasteiger partial charge on any atom is -0.346 e. The third kappa shape index (κ3) is 3.95. The van der Waals surface area contributed by atoms with E-state index in [1.54, 1.807) is 31.2 Å². The molecule has 2 atom stereocenters. The lowest BCUT2D eigenvalue weighted by atomic mass is 9.86. The number of carbonyl (C=O) groups is 1. The van der Waals surface area contributed by atoms with Crippen LogP contribution >= 0.6 is 11.6 Å². The van der Waals surface area contributed by atoms with Crippen molar-refractivity contribution in [3.63, 3.8) is 0 Å². The molecule has 3 aromatic rings. The summed E-state index contributed by atoms with van der Waals surface area (Å²) in [5, 5.41) is 4.62. The molecule has 0 unspecified atom stereocenters. The van der Waals surface area contributed by atoms with Crippen LogP contribution in [-0.4, -0.2) is 38.3 Å². The maximum absolute atomic E-state index is 14.5. The Balaban J connectivity index is 1.68. The standard InChI is InChI=1S/C21H17ClF4N4O2/c1-13-20(9-29-11-27-10-28-29,14-2-5-16(22)6-3-14)32-12-30(13)19(31)17-7-4-15(8-18(17)23)21(24,25)26/h2-8,10-11,13H,9,12H2,1H3/t13-,20-/m1/s1. The van der Waals surface area contributed by atoms with E-state index in [9.17, 15) is 22.4 Å². The lowest BCUT2D eigenvalue weighted by molar-refractivity contribution is -0.137. The second kappa shape index (κ2) is 8.18. The summed E-state index contributed by atoms with van der Waals surface area (Å²) in [4.78, 5) is 18.3. The Morgan fingerprint density at radius 2 is 1.97 bits per heavy atom. The van der Waals surface area contributed by atoms with Crippen molar-refractivity contribution < 1.29 is 27.1 Å². The quantitative estimate of drug-likeness (QED) is 0.529. The molecule has 1 fully saturated rings. The fraction of sp³-hybridized carbons (Fsp3) is 0.286. The lowest BCUT2D eigenvalue weighted by Crippen LogP contribution is -2.46. The number of alkyl halides is 3. The van der Waals surface area contributed by atoms with Gasteiger partial charge in [0, 0.05) is 5.02 Å². The molecule has 0 bridgehead atoms. The van der Waals surface area contributed by atoms with Crippen molar-refractivity contribution >= 4 is 17.5 Å². The maximum atomic E-state index is 14.5. The summed E-state index contributed by atoms with van der Waals surface area (Å²) in [6.07, 6.45) is -1.86. The van der Waals surface area contributed by atoms with Gasteiger partial charge in [-0.05, 0) is 42.8 Å². The molecule has 2 aromatic carbocycles. The van der Waals surface area contributed by atoms with Gasteiger partial charge in [0.25, 0.3) is 5.91 Å². The first kappa shape index (κ1) is 22.2. The zero-order chi connectivity index (χ0) is 23.1. The molecule has 0 radical (unpaired) electrons. The van der Waals surface area contributed by atoms with Gasteiger partial charge in [-0.1, -0.05) is 23.7 Å². The van der Waals surface area contributed by atoms with Crippen LogP contribution in [0.25, 0.3) is 0 Å². The highest BCUT2D eigenvalue weighted by atomic mass is 35.5. The largest absolute Gasteiger partial charge is 0.416 e. The summed E-state index contributed by atoms with van der Waals surface area (Å²) in [6, 6.07) is 8.07. The van der Waals surface area contributed by atoms with E-state index in [1.165, 1.54) is 22.2 Å². The molecular weight excluding hydrogens is 452 g/mol. The number of halogens is 5. The van der Waals surface area contributed by atoms with E-state index in [-0.39, 0.29) is 13.3 Å². The molecule has 6 nitrogen and oxygen atoms in total. The number of aromatic nitrogens is 3. The summed E-state index contributed by atoms with van der Waals surface area (Å²) >= 11 is 6.01. The van der Waals surface area contributed by atoms with Crippen LogP contribution in [0.4, 0.5) is 17.6 Å². The molecule has 32 heavy (non-hydrogen) atoms. The average molecular weight is 469 g/mol. The molecule has 1 aromatic heterocycles. The van der Waals surface area contributed by atoms with Gasteiger partial charge in [-0.25, -0.2) is 14.1 Å². The van der Waals surface area contributed by atoms with Crippen molar-refractivity contribution in [2.75, 3.05) is 6.73 Å². The minimum atomic E-state index is -4.71. The van der Waals surface area contributed by atoms with Gasteiger partial charge in [0.05, 0.1) is 23.7 Å². The number of carbonyl (C=O) groups excluding carboxylic acids is 1. The van der Waals surface area contributed by atoms with Crippen LogP contribution in [0.5, 0.6) is 0 Å². The molecule has 11 heteroatoms. The summed E-state index contributed by atoms with van der Waals surface area (Å²) in [5.41, 5.74) is -2.01. The zero-order valence-electron chi connectivity index (χ0n) is 16.7. The van der Waals surface area contributed by atoms with Crippen LogP contribution in [0.1, 0.15) is 28.4 Å². The fourth-order valence-electron chi connectivity index (χ4n) is 3.80. The Kier molecular flexibility index (Phi) is 5.68. The normalized spacial score (nSPS) is 21.2. The van der Waals surface area contributed by atoms with Crippen LogP contribution < -0.4 is 0 Å². The molecule has 0 saturated carbocycles. The number of hydrogen-bond acceptors (Lipinski definition) is 4. The minimum absolute atomic E-state index is 0.190. The Hall–Kier alpha value is -2.98. The van der Waals surface area contributed by atoms with Crippen molar-refractivity contribution in [3.05, 3.63) is 82.6 Å². The van der Waals surface area contributed by atoms with Crippen LogP contribution in [-0.2, 0) is 23.1 Å². The average Bonchev–Trinajstić information content (AvgIpc) is 3.36. The highest BCUT2D eigenvalue weighted by Gasteiger charge is 2.50. The highest BCUT2D eigenvalue weighted by Crippen LogP contribution is 2.40.